The topological polar surface area (TPSA) is 55.1 Å². The van der Waals surface area contributed by atoms with Gasteiger partial charge in [0.25, 0.3) is 0 Å². The molecule has 0 bridgehead atoms. The quantitative estimate of drug-likeness (QED) is 0.804. The van der Waals surface area contributed by atoms with Crippen LogP contribution in [-0.2, 0) is 0 Å². The van der Waals surface area contributed by atoms with E-state index in [1.54, 1.807) is 12.3 Å². The molecule has 0 aliphatic heterocycles. The van der Waals surface area contributed by atoms with E-state index in [0.29, 0.717) is 23.3 Å². The van der Waals surface area contributed by atoms with Gasteiger partial charge in [-0.1, -0.05) is 0 Å². The average molecular weight is 232 g/mol. The van der Waals surface area contributed by atoms with Crippen LogP contribution in [-0.4, -0.2) is 16.7 Å². The third-order valence-corrected chi connectivity index (χ3v) is 2.18. The van der Waals surface area contributed by atoms with Crippen LogP contribution in [0.2, 0.25) is 0 Å². The maximum absolute atomic E-state index is 8.97. The monoisotopic (exact) mass is 232 g/mol. The average Bonchev–Trinajstić information content (AvgIpc) is 3.00. The molecule has 0 saturated heterocycles. The number of hydrogen-bond donors (Lipinski definition) is 0. The third kappa shape index (κ3) is 3.35. The van der Waals surface area contributed by atoms with Crippen molar-refractivity contribution in [2.24, 2.45) is 0 Å². The summed E-state index contributed by atoms with van der Waals surface area (Å²) in [7, 11) is 0. The second-order valence-electron chi connectivity index (χ2n) is 5.16. The zero-order chi connectivity index (χ0) is 12.5. The van der Waals surface area contributed by atoms with Gasteiger partial charge in [0.05, 0.1) is 12.3 Å². The molecule has 1 aromatic heterocycles. The Bertz CT molecular complexity index is 453. The molecule has 0 atom stereocenters. The predicted molar refractivity (Wildman–Crippen MR) is 63.0 cm³/mol. The van der Waals surface area contributed by atoms with Crippen LogP contribution in [0.5, 0.6) is 11.5 Å². The lowest BCUT2D eigenvalue weighted by Crippen LogP contribution is -2.23. The van der Waals surface area contributed by atoms with E-state index in [4.69, 9.17) is 14.7 Å². The Kier molecular flexibility index (Phi) is 2.93. The minimum absolute atomic E-state index is 0.295. The molecule has 0 unspecified atom stereocenters. The fourth-order valence-electron chi connectivity index (χ4n) is 1.36. The van der Waals surface area contributed by atoms with Crippen LogP contribution >= 0.6 is 0 Å². The van der Waals surface area contributed by atoms with Crippen molar-refractivity contribution in [1.29, 1.82) is 5.26 Å². The van der Waals surface area contributed by atoms with E-state index in [-0.39, 0.29) is 5.60 Å². The first-order valence-corrected chi connectivity index (χ1v) is 5.74. The molecule has 1 saturated carbocycles. The summed E-state index contributed by atoms with van der Waals surface area (Å²) >= 11 is 0. The van der Waals surface area contributed by atoms with Crippen molar-refractivity contribution >= 4 is 0 Å². The fraction of sp³-hybridized carbons (Fsp3) is 0.538. The highest BCUT2D eigenvalue weighted by atomic mass is 16.5. The first-order valence-electron chi connectivity index (χ1n) is 5.74. The summed E-state index contributed by atoms with van der Waals surface area (Å²) in [5.41, 5.74) is -0.0612. The van der Waals surface area contributed by atoms with Crippen LogP contribution in [0.25, 0.3) is 0 Å². The lowest BCUT2D eigenvalue weighted by atomic mass is 10.2. The molecule has 17 heavy (non-hydrogen) atoms. The number of ether oxygens (including phenoxy) is 2. The van der Waals surface area contributed by atoms with Crippen LogP contribution in [0.4, 0.5) is 0 Å². The highest BCUT2D eigenvalue weighted by Gasteiger charge is 2.24. The number of rotatable bonds is 3. The molecular weight excluding hydrogens is 216 g/mol. The number of nitrogens with zero attached hydrogens (tertiary/aromatic N) is 2. The SMILES string of the molecule is CC(C)(C)Oc1cc(OC2CC2)cnc1C#N. The van der Waals surface area contributed by atoms with Crippen LogP contribution < -0.4 is 9.47 Å². The van der Waals surface area contributed by atoms with Crippen LogP contribution in [0.15, 0.2) is 12.3 Å². The van der Waals surface area contributed by atoms with E-state index in [2.05, 4.69) is 4.98 Å². The maximum Gasteiger partial charge on any atom is 0.182 e. The van der Waals surface area contributed by atoms with Crippen molar-refractivity contribution in [2.45, 2.75) is 45.3 Å². The standard InChI is InChI=1S/C13H16N2O2/c1-13(2,3)17-12-6-10(16-9-4-5-9)8-15-11(12)7-14/h6,8-9H,4-5H2,1-3H3. The van der Waals surface area contributed by atoms with Crippen LogP contribution in [0.3, 0.4) is 0 Å². The third-order valence-electron chi connectivity index (χ3n) is 2.18. The second-order valence-corrected chi connectivity index (χ2v) is 5.16. The van der Waals surface area contributed by atoms with Gasteiger partial charge in [-0.05, 0) is 33.6 Å². The Morgan fingerprint density at radius 3 is 2.65 bits per heavy atom. The molecule has 1 fully saturated rings. The summed E-state index contributed by atoms with van der Waals surface area (Å²) < 4.78 is 11.3. The largest absolute Gasteiger partial charge is 0.489 e. The molecule has 4 heteroatoms. The van der Waals surface area contributed by atoms with E-state index in [1.165, 1.54) is 0 Å². The van der Waals surface area contributed by atoms with Gasteiger partial charge in [-0.25, -0.2) is 4.98 Å². The van der Waals surface area contributed by atoms with Gasteiger partial charge in [0, 0.05) is 6.07 Å². The minimum atomic E-state index is -0.356. The summed E-state index contributed by atoms with van der Waals surface area (Å²) in [5.74, 6) is 1.16. The molecule has 4 nitrogen and oxygen atoms in total. The molecule has 0 radical (unpaired) electrons. The summed E-state index contributed by atoms with van der Waals surface area (Å²) in [6.45, 7) is 5.80. The molecule has 0 aromatic carbocycles. The highest BCUT2D eigenvalue weighted by molar-refractivity contribution is 5.42. The number of hydrogen-bond acceptors (Lipinski definition) is 4. The Balaban J connectivity index is 2.22. The zero-order valence-corrected chi connectivity index (χ0v) is 10.4. The van der Waals surface area contributed by atoms with Gasteiger partial charge in [-0.2, -0.15) is 5.26 Å². The van der Waals surface area contributed by atoms with Gasteiger partial charge >= 0.3 is 0 Å². The summed E-state index contributed by atoms with van der Waals surface area (Å²) in [5, 5.41) is 8.97. The van der Waals surface area contributed by atoms with Gasteiger partial charge < -0.3 is 9.47 Å². The van der Waals surface area contributed by atoms with Gasteiger partial charge in [-0.15, -0.1) is 0 Å². The van der Waals surface area contributed by atoms with Gasteiger partial charge in [0.15, 0.2) is 11.4 Å². The Morgan fingerprint density at radius 1 is 1.41 bits per heavy atom. The number of aromatic nitrogens is 1. The van der Waals surface area contributed by atoms with Crippen molar-refractivity contribution in [3.8, 4) is 17.6 Å². The van der Waals surface area contributed by atoms with E-state index < -0.39 is 0 Å². The molecule has 1 aromatic rings. The normalized spacial score (nSPS) is 15.2. The van der Waals surface area contributed by atoms with Crippen molar-refractivity contribution in [3.63, 3.8) is 0 Å². The van der Waals surface area contributed by atoms with E-state index in [1.807, 2.05) is 26.8 Å². The van der Waals surface area contributed by atoms with Crippen molar-refractivity contribution in [3.05, 3.63) is 18.0 Å². The van der Waals surface area contributed by atoms with Crippen LogP contribution in [0, 0.1) is 11.3 Å². The molecule has 1 heterocycles. The van der Waals surface area contributed by atoms with Crippen molar-refractivity contribution in [2.75, 3.05) is 0 Å². The van der Waals surface area contributed by atoms with E-state index in [9.17, 15) is 0 Å². The molecular formula is C13H16N2O2. The Hall–Kier alpha value is -1.76. The molecule has 2 rings (SSSR count). The molecule has 0 spiro atoms. The molecule has 1 aliphatic rings. The predicted octanol–water partition coefficient (Wildman–Crippen LogP) is 2.67. The van der Waals surface area contributed by atoms with Gasteiger partial charge in [0.2, 0.25) is 0 Å². The molecule has 90 valence electrons. The zero-order valence-electron chi connectivity index (χ0n) is 10.4. The molecule has 0 N–H and O–H groups in total. The number of pyridine rings is 1. The first kappa shape index (κ1) is 11.7. The summed E-state index contributed by atoms with van der Waals surface area (Å²) in [4.78, 5) is 4.05. The molecule has 1 aliphatic carbocycles. The lowest BCUT2D eigenvalue weighted by Gasteiger charge is -2.21. The summed E-state index contributed by atoms with van der Waals surface area (Å²) in [6.07, 6.45) is 4.07. The van der Waals surface area contributed by atoms with Crippen molar-refractivity contribution < 1.29 is 9.47 Å². The molecule has 0 amide bonds. The van der Waals surface area contributed by atoms with Gasteiger partial charge in [-0.3, -0.25) is 0 Å². The second kappa shape index (κ2) is 4.25. The summed E-state index contributed by atoms with van der Waals surface area (Å²) in [6, 6.07) is 3.77. The maximum atomic E-state index is 8.97. The smallest absolute Gasteiger partial charge is 0.182 e. The Labute approximate surface area is 101 Å². The lowest BCUT2D eigenvalue weighted by molar-refractivity contribution is 0.129. The van der Waals surface area contributed by atoms with Gasteiger partial charge in [0.1, 0.15) is 17.4 Å². The van der Waals surface area contributed by atoms with Crippen molar-refractivity contribution in [1.82, 2.24) is 4.98 Å². The number of nitriles is 1. The Morgan fingerprint density at radius 2 is 2.12 bits per heavy atom. The van der Waals surface area contributed by atoms with E-state index >= 15 is 0 Å². The fourth-order valence-corrected chi connectivity index (χ4v) is 1.36. The highest BCUT2D eigenvalue weighted by Crippen LogP contribution is 2.30. The minimum Gasteiger partial charge on any atom is -0.489 e. The van der Waals surface area contributed by atoms with Crippen LogP contribution in [0.1, 0.15) is 39.3 Å². The van der Waals surface area contributed by atoms with E-state index in [0.717, 1.165) is 12.8 Å². The first-order chi connectivity index (χ1) is 7.98.